The number of esters is 1. The van der Waals surface area contributed by atoms with E-state index in [1.54, 1.807) is 42.5 Å². The Morgan fingerprint density at radius 1 is 1.09 bits per heavy atom. The van der Waals surface area contributed by atoms with E-state index < -0.39 is 28.1 Å². The summed E-state index contributed by atoms with van der Waals surface area (Å²) < 4.78 is 52.5. The molecular weight excluding hydrogens is 446 g/mol. The van der Waals surface area contributed by atoms with E-state index in [9.17, 15) is 13.2 Å². The maximum absolute atomic E-state index is 13.2. The molecule has 176 valence electrons. The number of hydrogen-bond donors (Lipinski definition) is 1. The van der Waals surface area contributed by atoms with Crippen LogP contribution in [0.3, 0.4) is 0 Å². The molecule has 2 aromatic carbocycles. The van der Waals surface area contributed by atoms with Gasteiger partial charge < -0.3 is 18.9 Å². The molecule has 5 unspecified atom stereocenters. The van der Waals surface area contributed by atoms with Gasteiger partial charge in [0, 0.05) is 24.5 Å². The first kappa shape index (κ1) is 22.3. The van der Waals surface area contributed by atoms with Gasteiger partial charge in [-0.3, -0.25) is 0 Å². The van der Waals surface area contributed by atoms with Crippen LogP contribution in [0.4, 0.5) is 0 Å². The number of rotatable bonds is 6. The summed E-state index contributed by atoms with van der Waals surface area (Å²) in [6.07, 6.45) is 2.11. The molecule has 0 bridgehead atoms. The van der Waals surface area contributed by atoms with Gasteiger partial charge in [-0.1, -0.05) is 30.3 Å². The van der Waals surface area contributed by atoms with Crippen LogP contribution in [0.15, 0.2) is 53.4 Å². The quantitative estimate of drug-likeness (QED) is 0.644. The molecule has 5 atom stereocenters. The van der Waals surface area contributed by atoms with Gasteiger partial charge in [-0.05, 0) is 37.5 Å². The van der Waals surface area contributed by atoms with Crippen molar-refractivity contribution in [2.75, 3.05) is 13.7 Å². The number of hydrogen-bond acceptors (Lipinski definition) is 7. The number of ether oxygens (including phenoxy) is 4. The van der Waals surface area contributed by atoms with Crippen molar-refractivity contribution in [2.24, 2.45) is 0 Å². The lowest BCUT2D eigenvalue weighted by Gasteiger charge is -2.30. The fourth-order valence-corrected chi connectivity index (χ4v) is 6.33. The molecule has 0 spiro atoms. The zero-order valence-corrected chi connectivity index (χ0v) is 19.1. The van der Waals surface area contributed by atoms with Gasteiger partial charge in [0.2, 0.25) is 10.0 Å². The summed E-state index contributed by atoms with van der Waals surface area (Å²) in [5.41, 5.74) is 1.11. The summed E-state index contributed by atoms with van der Waals surface area (Å²) in [5, 5.41) is 0. The Hall–Kier alpha value is -2.46. The fourth-order valence-electron chi connectivity index (χ4n) is 5.02. The molecule has 1 saturated heterocycles. The predicted octanol–water partition coefficient (Wildman–Crippen LogP) is 2.98. The van der Waals surface area contributed by atoms with E-state index in [1.165, 1.54) is 7.11 Å². The van der Waals surface area contributed by atoms with Crippen LogP contribution in [-0.4, -0.2) is 52.6 Å². The van der Waals surface area contributed by atoms with E-state index in [0.29, 0.717) is 24.3 Å². The van der Waals surface area contributed by atoms with Gasteiger partial charge in [0.1, 0.15) is 17.4 Å². The molecule has 5 rings (SSSR count). The molecule has 3 aliphatic rings. The maximum Gasteiger partial charge on any atom is 0.341 e. The number of carbonyl (C=O) groups excluding carboxylic acids is 1. The van der Waals surface area contributed by atoms with Crippen LogP contribution in [0.5, 0.6) is 5.75 Å². The molecule has 2 aliphatic heterocycles. The first-order valence-electron chi connectivity index (χ1n) is 11.2. The van der Waals surface area contributed by atoms with E-state index in [4.69, 9.17) is 18.9 Å². The predicted molar refractivity (Wildman–Crippen MR) is 119 cm³/mol. The van der Waals surface area contributed by atoms with E-state index in [2.05, 4.69) is 4.72 Å². The molecule has 2 heterocycles. The minimum absolute atomic E-state index is 0.184. The van der Waals surface area contributed by atoms with Gasteiger partial charge in [-0.2, -0.15) is 0 Å². The van der Waals surface area contributed by atoms with Crippen LogP contribution in [-0.2, 0) is 24.2 Å². The number of sulfonamides is 1. The Kier molecular flexibility index (Phi) is 6.13. The minimum Gasteiger partial charge on any atom is -0.488 e. The molecule has 9 heteroatoms. The van der Waals surface area contributed by atoms with Crippen LogP contribution in [0.1, 0.15) is 47.5 Å². The number of benzene rings is 2. The Morgan fingerprint density at radius 3 is 2.64 bits per heavy atom. The molecule has 1 N–H and O–H groups in total. The smallest absolute Gasteiger partial charge is 0.341 e. The van der Waals surface area contributed by atoms with Gasteiger partial charge >= 0.3 is 5.97 Å². The maximum atomic E-state index is 13.2. The first-order valence-corrected chi connectivity index (χ1v) is 12.7. The van der Waals surface area contributed by atoms with Crippen molar-refractivity contribution in [3.05, 3.63) is 59.7 Å². The summed E-state index contributed by atoms with van der Waals surface area (Å²) >= 11 is 0. The molecule has 1 aliphatic carbocycles. The lowest BCUT2D eigenvalue weighted by Crippen LogP contribution is -2.45. The Morgan fingerprint density at radius 2 is 1.91 bits per heavy atom. The molecule has 0 aromatic heterocycles. The zero-order chi connectivity index (χ0) is 23.0. The molecule has 2 aromatic rings. The van der Waals surface area contributed by atoms with Crippen molar-refractivity contribution in [3.63, 3.8) is 0 Å². The third-order valence-corrected chi connectivity index (χ3v) is 8.02. The highest BCUT2D eigenvalue weighted by atomic mass is 32.2. The van der Waals surface area contributed by atoms with Crippen molar-refractivity contribution < 1.29 is 32.2 Å². The SMILES string of the molecule is COC(=O)c1cccc2c1OC1CC(OC3CCCCO3)C(NS(=O)(=O)c3ccccc3)C21. The highest BCUT2D eigenvalue weighted by molar-refractivity contribution is 7.89. The normalized spacial score (nSPS) is 28.6. The second-order valence-corrected chi connectivity index (χ2v) is 10.3. The molecular formula is C24H27NO7S. The van der Waals surface area contributed by atoms with Gasteiger partial charge in [0.15, 0.2) is 6.29 Å². The van der Waals surface area contributed by atoms with Crippen LogP contribution in [0.25, 0.3) is 0 Å². The molecule has 0 radical (unpaired) electrons. The fraction of sp³-hybridized carbons (Fsp3) is 0.458. The highest BCUT2D eigenvalue weighted by Crippen LogP contribution is 2.50. The lowest BCUT2D eigenvalue weighted by molar-refractivity contribution is -0.190. The number of methoxy groups -OCH3 is 1. The second-order valence-electron chi connectivity index (χ2n) is 8.56. The van der Waals surface area contributed by atoms with Gasteiger partial charge in [0.05, 0.1) is 24.2 Å². The average molecular weight is 474 g/mol. The topological polar surface area (TPSA) is 100 Å². The lowest BCUT2D eigenvalue weighted by atomic mass is 9.93. The average Bonchev–Trinajstić information content (AvgIpc) is 3.35. The van der Waals surface area contributed by atoms with Crippen LogP contribution < -0.4 is 9.46 Å². The van der Waals surface area contributed by atoms with E-state index in [1.807, 2.05) is 6.07 Å². The van der Waals surface area contributed by atoms with Gasteiger partial charge in [0.25, 0.3) is 0 Å². The van der Waals surface area contributed by atoms with Crippen molar-refractivity contribution in [1.82, 2.24) is 4.72 Å². The van der Waals surface area contributed by atoms with Crippen LogP contribution >= 0.6 is 0 Å². The summed E-state index contributed by atoms with van der Waals surface area (Å²) in [6, 6.07) is 13.0. The van der Waals surface area contributed by atoms with E-state index in [-0.39, 0.29) is 23.2 Å². The molecule has 1 saturated carbocycles. The van der Waals surface area contributed by atoms with Crippen molar-refractivity contribution in [1.29, 1.82) is 0 Å². The molecule has 8 nitrogen and oxygen atoms in total. The largest absolute Gasteiger partial charge is 0.488 e. The first-order chi connectivity index (χ1) is 16.0. The number of para-hydroxylation sites is 1. The minimum atomic E-state index is -3.81. The monoisotopic (exact) mass is 473 g/mol. The Balaban J connectivity index is 1.49. The van der Waals surface area contributed by atoms with Crippen molar-refractivity contribution in [2.45, 2.75) is 61.0 Å². The Bertz CT molecular complexity index is 1110. The zero-order valence-electron chi connectivity index (χ0n) is 18.3. The van der Waals surface area contributed by atoms with Crippen LogP contribution in [0.2, 0.25) is 0 Å². The van der Waals surface area contributed by atoms with Gasteiger partial charge in [-0.25, -0.2) is 17.9 Å². The summed E-state index contributed by atoms with van der Waals surface area (Å²) in [5.74, 6) is -0.344. The standard InChI is InChI=1S/C24H27NO7S/c1-29-24(26)17-11-7-10-16-21-18(32-23(16)17)14-19(31-20-12-5-6-13-30-20)22(21)25-33(27,28)15-8-3-2-4-9-15/h2-4,7-11,18-22,25H,5-6,12-14H2,1H3. The molecule has 0 amide bonds. The van der Waals surface area contributed by atoms with E-state index >= 15 is 0 Å². The summed E-state index contributed by atoms with van der Waals surface area (Å²) in [7, 11) is -2.49. The molecule has 2 fully saturated rings. The Labute approximate surface area is 193 Å². The van der Waals surface area contributed by atoms with Crippen molar-refractivity contribution in [3.8, 4) is 5.75 Å². The third kappa shape index (κ3) is 4.26. The molecule has 33 heavy (non-hydrogen) atoms. The van der Waals surface area contributed by atoms with Gasteiger partial charge in [-0.15, -0.1) is 0 Å². The number of carbonyl (C=O) groups is 1. The third-order valence-electron chi connectivity index (χ3n) is 6.54. The highest BCUT2D eigenvalue weighted by Gasteiger charge is 2.53. The van der Waals surface area contributed by atoms with E-state index in [0.717, 1.165) is 24.8 Å². The number of fused-ring (bicyclic) bond motifs is 3. The van der Waals surface area contributed by atoms with Crippen LogP contribution in [0, 0.1) is 0 Å². The summed E-state index contributed by atoms with van der Waals surface area (Å²) in [4.78, 5) is 12.4. The number of nitrogens with one attached hydrogen (secondary N) is 1. The second kappa shape index (κ2) is 9.06. The van der Waals surface area contributed by atoms with Crippen molar-refractivity contribution >= 4 is 16.0 Å². The summed E-state index contributed by atoms with van der Waals surface area (Å²) in [6.45, 7) is 0.631.